The summed E-state index contributed by atoms with van der Waals surface area (Å²) >= 11 is 12.9. The highest BCUT2D eigenvalue weighted by Crippen LogP contribution is 2.33. The summed E-state index contributed by atoms with van der Waals surface area (Å²) < 4.78 is 26.6. The molecule has 1 fully saturated rings. The quantitative estimate of drug-likeness (QED) is 0.788. The van der Waals surface area contributed by atoms with Gasteiger partial charge in [-0.1, -0.05) is 11.6 Å². The summed E-state index contributed by atoms with van der Waals surface area (Å²) in [7, 11) is -3.39. The molecule has 0 N–H and O–H groups in total. The van der Waals surface area contributed by atoms with E-state index in [1.807, 2.05) is 0 Å². The van der Waals surface area contributed by atoms with Crippen molar-refractivity contribution in [1.82, 2.24) is 4.31 Å². The van der Waals surface area contributed by atoms with E-state index in [-0.39, 0.29) is 5.38 Å². The molecule has 0 bridgehead atoms. The maximum atomic E-state index is 12.2. The molecular formula is C9H11Cl2NO2S2. The minimum absolute atomic E-state index is 0.0775. The van der Waals surface area contributed by atoms with E-state index in [4.69, 9.17) is 23.2 Å². The molecule has 0 amide bonds. The van der Waals surface area contributed by atoms with Crippen LogP contribution in [0, 0.1) is 6.92 Å². The third-order valence-electron chi connectivity index (χ3n) is 2.52. The molecule has 1 saturated heterocycles. The number of sulfonamides is 1. The standard InChI is InChI=1S/C9H11Cl2NO2S2/c1-6-4-8(15-9(6)11)16(13,14)12-3-2-7(10)5-12/h4,7H,2-3,5H2,1H3. The molecule has 16 heavy (non-hydrogen) atoms. The van der Waals surface area contributed by atoms with Crippen LogP contribution in [-0.4, -0.2) is 31.2 Å². The number of hydrogen-bond acceptors (Lipinski definition) is 3. The predicted molar refractivity (Wildman–Crippen MR) is 67.1 cm³/mol. The van der Waals surface area contributed by atoms with Gasteiger partial charge in [0.15, 0.2) is 0 Å². The number of thiophene rings is 1. The lowest BCUT2D eigenvalue weighted by atomic mass is 10.4. The number of halogens is 2. The van der Waals surface area contributed by atoms with Crippen molar-refractivity contribution in [3.63, 3.8) is 0 Å². The summed E-state index contributed by atoms with van der Waals surface area (Å²) in [5.74, 6) is 0. The zero-order chi connectivity index (χ0) is 11.9. The number of aryl methyl sites for hydroxylation is 1. The molecule has 0 spiro atoms. The largest absolute Gasteiger partial charge is 0.252 e. The lowest BCUT2D eigenvalue weighted by molar-refractivity contribution is 0.479. The fourth-order valence-corrected chi connectivity index (χ4v) is 5.30. The van der Waals surface area contributed by atoms with E-state index in [1.54, 1.807) is 13.0 Å². The Labute approximate surface area is 109 Å². The highest BCUT2D eigenvalue weighted by Gasteiger charge is 2.32. The second-order valence-electron chi connectivity index (χ2n) is 3.77. The number of alkyl halides is 1. The van der Waals surface area contributed by atoms with Crippen molar-refractivity contribution in [2.45, 2.75) is 22.9 Å². The average molecular weight is 300 g/mol. The van der Waals surface area contributed by atoms with E-state index < -0.39 is 10.0 Å². The van der Waals surface area contributed by atoms with Gasteiger partial charge in [-0.2, -0.15) is 4.31 Å². The number of rotatable bonds is 2. The van der Waals surface area contributed by atoms with Gasteiger partial charge in [0.2, 0.25) is 0 Å². The first-order chi connectivity index (χ1) is 7.41. The van der Waals surface area contributed by atoms with Crippen LogP contribution >= 0.6 is 34.5 Å². The van der Waals surface area contributed by atoms with Gasteiger partial charge in [0.25, 0.3) is 10.0 Å². The molecule has 1 aromatic rings. The van der Waals surface area contributed by atoms with Gasteiger partial charge in [0.1, 0.15) is 4.21 Å². The highest BCUT2D eigenvalue weighted by molar-refractivity contribution is 7.91. The summed E-state index contributed by atoms with van der Waals surface area (Å²) in [6, 6.07) is 1.61. The molecule has 7 heteroatoms. The zero-order valence-electron chi connectivity index (χ0n) is 8.61. The SMILES string of the molecule is Cc1cc(S(=O)(=O)N2CCC(Cl)C2)sc1Cl. The summed E-state index contributed by atoms with van der Waals surface area (Å²) in [5, 5.41) is -0.0775. The van der Waals surface area contributed by atoms with Gasteiger partial charge in [-0.05, 0) is 25.0 Å². The van der Waals surface area contributed by atoms with Gasteiger partial charge >= 0.3 is 0 Å². The van der Waals surface area contributed by atoms with E-state index >= 15 is 0 Å². The van der Waals surface area contributed by atoms with Crippen LogP contribution in [0.2, 0.25) is 4.34 Å². The molecule has 0 aliphatic carbocycles. The third kappa shape index (κ3) is 2.24. The zero-order valence-corrected chi connectivity index (χ0v) is 11.8. The van der Waals surface area contributed by atoms with Gasteiger partial charge in [-0.3, -0.25) is 0 Å². The first kappa shape index (κ1) is 12.6. The molecule has 1 aliphatic rings. The first-order valence-corrected chi connectivity index (χ1v) is 7.88. The molecule has 90 valence electrons. The van der Waals surface area contributed by atoms with Crippen LogP contribution in [0.4, 0.5) is 0 Å². The molecule has 0 saturated carbocycles. The smallest absolute Gasteiger partial charge is 0.206 e. The third-order valence-corrected chi connectivity index (χ3v) is 6.75. The van der Waals surface area contributed by atoms with E-state index in [9.17, 15) is 8.42 Å². The lowest BCUT2D eigenvalue weighted by Crippen LogP contribution is -2.28. The Bertz CT molecular complexity index is 478. The minimum atomic E-state index is -3.39. The molecule has 2 heterocycles. The normalized spacial score (nSPS) is 22.8. The Morgan fingerprint density at radius 1 is 1.56 bits per heavy atom. The second kappa shape index (κ2) is 4.46. The molecule has 1 unspecified atom stereocenters. The minimum Gasteiger partial charge on any atom is -0.206 e. The maximum Gasteiger partial charge on any atom is 0.252 e. The van der Waals surface area contributed by atoms with Crippen molar-refractivity contribution in [2.24, 2.45) is 0 Å². The predicted octanol–water partition coefficient (Wildman–Crippen LogP) is 2.71. The van der Waals surface area contributed by atoms with Gasteiger partial charge in [0.05, 0.1) is 4.34 Å². The van der Waals surface area contributed by atoms with Crippen LogP contribution in [0.3, 0.4) is 0 Å². The fraction of sp³-hybridized carbons (Fsp3) is 0.556. The molecule has 3 nitrogen and oxygen atoms in total. The summed E-state index contributed by atoms with van der Waals surface area (Å²) in [6.45, 7) is 2.68. The summed E-state index contributed by atoms with van der Waals surface area (Å²) in [5.41, 5.74) is 0.798. The van der Waals surface area contributed by atoms with Crippen LogP contribution in [0.1, 0.15) is 12.0 Å². The van der Waals surface area contributed by atoms with Crippen LogP contribution in [0.25, 0.3) is 0 Å². The maximum absolute atomic E-state index is 12.2. The molecule has 1 atom stereocenters. The monoisotopic (exact) mass is 299 g/mol. The van der Waals surface area contributed by atoms with Crippen LogP contribution in [-0.2, 0) is 10.0 Å². The Morgan fingerprint density at radius 3 is 2.69 bits per heavy atom. The topological polar surface area (TPSA) is 37.4 Å². The summed E-state index contributed by atoms with van der Waals surface area (Å²) in [4.78, 5) is 0. The second-order valence-corrected chi connectivity index (χ2v) is 8.21. The Kier molecular flexibility index (Phi) is 3.52. The van der Waals surface area contributed by atoms with E-state index in [1.165, 1.54) is 4.31 Å². The van der Waals surface area contributed by atoms with E-state index in [0.29, 0.717) is 28.1 Å². The van der Waals surface area contributed by atoms with Gasteiger partial charge in [0, 0.05) is 18.5 Å². The Balaban J connectivity index is 2.32. The van der Waals surface area contributed by atoms with E-state index in [2.05, 4.69) is 0 Å². The van der Waals surface area contributed by atoms with Crippen molar-refractivity contribution in [2.75, 3.05) is 13.1 Å². The Morgan fingerprint density at radius 2 is 2.25 bits per heavy atom. The van der Waals surface area contributed by atoms with Crippen molar-refractivity contribution in [3.8, 4) is 0 Å². The van der Waals surface area contributed by atoms with Crippen molar-refractivity contribution >= 4 is 44.6 Å². The van der Waals surface area contributed by atoms with Crippen molar-refractivity contribution < 1.29 is 8.42 Å². The summed E-state index contributed by atoms with van der Waals surface area (Å²) in [6.07, 6.45) is 0.707. The van der Waals surface area contributed by atoms with Crippen molar-refractivity contribution in [3.05, 3.63) is 16.0 Å². The van der Waals surface area contributed by atoms with Crippen LogP contribution < -0.4 is 0 Å². The van der Waals surface area contributed by atoms with Crippen LogP contribution in [0.5, 0.6) is 0 Å². The molecular weight excluding hydrogens is 289 g/mol. The van der Waals surface area contributed by atoms with Gasteiger partial charge in [-0.25, -0.2) is 8.42 Å². The molecule has 1 aromatic heterocycles. The lowest BCUT2D eigenvalue weighted by Gasteiger charge is -2.13. The highest BCUT2D eigenvalue weighted by atomic mass is 35.5. The molecule has 0 radical (unpaired) electrons. The van der Waals surface area contributed by atoms with Gasteiger partial charge in [-0.15, -0.1) is 22.9 Å². The number of nitrogens with zero attached hydrogens (tertiary/aromatic N) is 1. The molecule has 2 rings (SSSR count). The first-order valence-electron chi connectivity index (χ1n) is 4.81. The van der Waals surface area contributed by atoms with E-state index in [0.717, 1.165) is 16.9 Å². The Hall–Kier alpha value is 0.190. The average Bonchev–Trinajstić information content (AvgIpc) is 2.75. The molecule has 0 aromatic carbocycles. The number of hydrogen-bond donors (Lipinski definition) is 0. The molecule has 1 aliphatic heterocycles. The fourth-order valence-electron chi connectivity index (χ4n) is 1.59. The van der Waals surface area contributed by atoms with Gasteiger partial charge < -0.3 is 0 Å². The van der Waals surface area contributed by atoms with Crippen molar-refractivity contribution in [1.29, 1.82) is 0 Å². The van der Waals surface area contributed by atoms with Crippen LogP contribution in [0.15, 0.2) is 10.3 Å².